The average molecular weight is 473 g/mol. The summed E-state index contributed by atoms with van der Waals surface area (Å²) in [6, 6.07) is 10.6. The van der Waals surface area contributed by atoms with Crippen LogP contribution in [-0.4, -0.2) is 36.2 Å². The monoisotopic (exact) mass is 473 g/mol. The van der Waals surface area contributed by atoms with Gasteiger partial charge < -0.3 is 20.1 Å². The van der Waals surface area contributed by atoms with Gasteiger partial charge in [-0.1, -0.05) is 30.3 Å². The van der Waals surface area contributed by atoms with Gasteiger partial charge in [-0.05, 0) is 43.0 Å². The van der Waals surface area contributed by atoms with Gasteiger partial charge >= 0.3 is 6.18 Å². The minimum absolute atomic E-state index is 0.0349. The number of aliphatic hydroxyl groups is 1. The Kier molecular flexibility index (Phi) is 9.46. The van der Waals surface area contributed by atoms with E-state index < -0.39 is 32.6 Å². The molecule has 0 heterocycles. The van der Waals surface area contributed by atoms with E-state index in [9.17, 15) is 27.6 Å². The Balaban J connectivity index is 2.06. The van der Waals surface area contributed by atoms with Crippen LogP contribution in [0.2, 0.25) is 0 Å². The third-order valence-electron chi connectivity index (χ3n) is 5.02. The van der Waals surface area contributed by atoms with Crippen LogP contribution in [0.1, 0.15) is 40.4 Å². The summed E-state index contributed by atoms with van der Waals surface area (Å²) >= 11 is 0. The topological polar surface area (TPSA) is 98.8 Å². The predicted molar refractivity (Wildman–Crippen MR) is 116 cm³/mol. The molecule has 0 saturated heterocycles. The second-order valence-electron chi connectivity index (χ2n) is 7.61. The Bertz CT molecular complexity index is 921. The van der Waals surface area contributed by atoms with Gasteiger partial charge in [-0.3, -0.25) is 9.36 Å². The number of nitrogens with two attached hydrogens (primary N) is 1. The average Bonchev–Trinajstić information content (AvgIpc) is 2.76. The van der Waals surface area contributed by atoms with Crippen molar-refractivity contribution in [1.82, 2.24) is 0 Å². The smallest absolute Gasteiger partial charge is 0.419 e. The molecule has 0 fully saturated rings. The molecule has 176 valence electrons. The first-order chi connectivity index (χ1) is 15.1. The van der Waals surface area contributed by atoms with E-state index in [0.29, 0.717) is 17.5 Å². The second-order valence-corrected chi connectivity index (χ2v) is 8.13. The zero-order valence-electron chi connectivity index (χ0n) is 17.7. The SMILES string of the molecule is CC(=O)c1ccc(CCOc2ccc(CCC(N)(CO)CO[PH2]=O)cc2C(F)(F)F)cc1. The number of hydrogen-bond acceptors (Lipinski definition) is 6. The number of carbonyl (C=O) groups is 1. The molecule has 0 aromatic heterocycles. The van der Waals surface area contributed by atoms with Crippen LogP contribution in [-0.2, 0) is 28.1 Å². The maximum Gasteiger partial charge on any atom is 0.419 e. The molecule has 2 rings (SSSR count). The summed E-state index contributed by atoms with van der Waals surface area (Å²) in [5.41, 5.74) is 5.66. The van der Waals surface area contributed by atoms with Gasteiger partial charge in [0.2, 0.25) is 0 Å². The van der Waals surface area contributed by atoms with E-state index in [2.05, 4.69) is 0 Å². The van der Waals surface area contributed by atoms with Crippen LogP contribution in [0.5, 0.6) is 5.75 Å². The molecule has 6 nitrogen and oxygen atoms in total. The number of ketones is 1. The highest BCUT2D eigenvalue weighted by molar-refractivity contribution is 7.17. The first-order valence-corrected chi connectivity index (χ1v) is 10.9. The highest BCUT2D eigenvalue weighted by Crippen LogP contribution is 2.37. The molecular weight excluding hydrogens is 446 g/mol. The van der Waals surface area contributed by atoms with Crippen LogP contribution < -0.4 is 10.5 Å². The minimum atomic E-state index is -4.61. The summed E-state index contributed by atoms with van der Waals surface area (Å²) in [4.78, 5) is 11.3. The molecule has 2 aromatic carbocycles. The number of carbonyl (C=O) groups excluding carboxylic acids is 1. The third kappa shape index (κ3) is 7.74. The molecule has 10 heteroatoms. The van der Waals surface area contributed by atoms with Crippen molar-refractivity contribution < 1.29 is 36.9 Å². The van der Waals surface area contributed by atoms with Gasteiger partial charge in [-0.15, -0.1) is 0 Å². The fourth-order valence-corrected chi connectivity index (χ4v) is 3.46. The van der Waals surface area contributed by atoms with Gasteiger partial charge in [0.1, 0.15) is 5.75 Å². The largest absolute Gasteiger partial charge is 0.493 e. The molecule has 2 aromatic rings. The number of hydrogen-bond donors (Lipinski definition) is 2. The summed E-state index contributed by atoms with van der Waals surface area (Å²) in [6.45, 7) is 0.891. The van der Waals surface area contributed by atoms with Gasteiger partial charge in [0.25, 0.3) is 0 Å². The van der Waals surface area contributed by atoms with Crippen LogP contribution in [0.4, 0.5) is 13.2 Å². The Morgan fingerprint density at radius 3 is 2.31 bits per heavy atom. The van der Waals surface area contributed by atoms with E-state index in [1.807, 2.05) is 0 Å². The molecule has 2 unspecified atom stereocenters. The molecule has 0 aliphatic heterocycles. The van der Waals surface area contributed by atoms with Crippen molar-refractivity contribution in [1.29, 1.82) is 0 Å². The normalized spacial score (nSPS) is 13.9. The van der Waals surface area contributed by atoms with Crippen LogP contribution in [0.25, 0.3) is 0 Å². The lowest BCUT2D eigenvalue weighted by Gasteiger charge is -2.26. The van der Waals surface area contributed by atoms with E-state index in [4.69, 9.17) is 15.0 Å². The maximum absolute atomic E-state index is 13.6. The first kappa shape index (κ1) is 26.1. The van der Waals surface area contributed by atoms with E-state index in [1.54, 1.807) is 24.3 Å². The van der Waals surface area contributed by atoms with Crippen molar-refractivity contribution in [3.63, 3.8) is 0 Å². The Morgan fingerprint density at radius 1 is 1.09 bits per heavy atom. The molecule has 3 N–H and O–H groups in total. The molecule has 0 bridgehead atoms. The van der Waals surface area contributed by atoms with Crippen molar-refractivity contribution in [3.8, 4) is 5.75 Å². The molecule has 0 amide bonds. The maximum atomic E-state index is 13.6. The van der Waals surface area contributed by atoms with Crippen LogP contribution >= 0.6 is 8.69 Å². The predicted octanol–water partition coefficient (Wildman–Crippen LogP) is 3.84. The summed E-state index contributed by atoms with van der Waals surface area (Å²) in [6.07, 6.45) is -3.91. The van der Waals surface area contributed by atoms with E-state index in [1.165, 1.54) is 19.1 Å². The number of halogens is 3. The molecule has 0 spiro atoms. The molecule has 0 radical (unpaired) electrons. The van der Waals surface area contributed by atoms with E-state index in [-0.39, 0.29) is 37.6 Å². The van der Waals surface area contributed by atoms with Crippen molar-refractivity contribution in [3.05, 3.63) is 64.7 Å². The van der Waals surface area contributed by atoms with E-state index >= 15 is 0 Å². The molecule has 0 saturated carbocycles. The number of Topliss-reactive ketones (excluding diaryl/α,β-unsaturated/α-hetero) is 1. The van der Waals surface area contributed by atoms with Crippen molar-refractivity contribution in [2.24, 2.45) is 5.73 Å². The van der Waals surface area contributed by atoms with Crippen molar-refractivity contribution >= 4 is 14.5 Å². The van der Waals surface area contributed by atoms with Gasteiger partial charge in [0, 0.05) is 12.0 Å². The fourth-order valence-electron chi connectivity index (χ4n) is 3.06. The van der Waals surface area contributed by atoms with Crippen LogP contribution in [0, 0.1) is 0 Å². The van der Waals surface area contributed by atoms with Gasteiger partial charge in [0.05, 0.1) is 30.9 Å². The number of aliphatic hydroxyl groups excluding tert-OH is 1. The highest BCUT2D eigenvalue weighted by atomic mass is 31.1. The second kappa shape index (κ2) is 11.6. The number of rotatable bonds is 12. The van der Waals surface area contributed by atoms with Crippen LogP contribution in [0.3, 0.4) is 0 Å². The number of aryl methyl sites for hydroxylation is 1. The molecule has 2 atom stereocenters. The number of ether oxygens (including phenoxy) is 1. The minimum Gasteiger partial charge on any atom is -0.493 e. The molecule has 0 aliphatic carbocycles. The zero-order valence-corrected chi connectivity index (χ0v) is 18.8. The molecular formula is C22H27F3NO5P. The summed E-state index contributed by atoms with van der Waals surface area (Å²) in [5.74, 6) is -0.339. The zero-order chi connectivity index (χ0) is 23.8. The Hall–Kier alpha value is -2.19. The number of benzene rings is 2. The quantitative estimate of drug-likeness (QED) is 0.359. The van der Waals surface area contributed by atoms with Gasteiger partial charge in [-0.25, -0.2) is 0 Å². The van der Waals surface area contributed by atoms with E-state index in [0.717, 1.165) is 11.6 Å². The fraction of sp³-hybridized carbons (Fsp3) is 0.409. The number of alkyl halides is 3. The summed E-state index contributed by atoms with van der Waals surface area (Å²) < 4.78 is 61.5. The van der Waals surface area contributed by atoms with Gasteiger partial charge in [0.15, 0.2) is 14.5 Å². The highest BCUT2D eigenvalue weighted by Gasteiger charge is 2.35. The Labute approximate surface area is 185 Å². The molecule has 0 aliphatic rings. The third-order valence-corrected chi connectivity index (χ3v) is 5.33. The first-order valence-electron chi connectivity index (χ1n) is 9.96. The van der Waals surface area contributed by atoms with Crippen LogP contribution in [0.15, 0.2) is 42.5 Å². The lowest BCUT2D eigenvalue weighted by molar-refractivity contribution is -0.139. The van der Waals surface area contributed by atoms with Crippen molar-refractivity contribution in [2.75, 3.05) is 19.8 Å². The summed E-state index contributed by atoms with van der Waals surface area (Å²) in [7, 11) is -1.49. The van der Waals surface area contributed by atoms with Gasteiger partial charge in [-0.2, -0.15) is 13.2 Å². The lowest BCUT2D eigenvalue weighted by Crippen LogP contribution is -2.47. The molecule has 32 heavy (non-hydrogen) atoms. The Morgan fingerprint density at radius 2 is 1.75 bits per heavy atom. The van der Waals surface area contributed by atoms with Crippen molar-refractivity contribution in [2.45, 2.75) is 37.9 Å². The lowest BCUT2D eigenvalue weighted by atomic mass is 9.93. The standard InChI is InChI=1S/C22H27F3NO5P/c1-15(28)18-5-2-16(3-6-18)9-11-30-20-7-4-17(12-19(20)22(23,24)25)8-10-21(26,13-27)14-31-32-29/h2-7,12,27H,8-11,13-14,26,32H2,1H3. The summed E-state index contributed by atoms with van der Waals surface area (Å²) in [5, 5.41) is 9.44.